The molecule has 1 N–H and O–H groups in total. The Kier molecular flexibility index (Phi) is 5.92. The van der Waals surface area contributed by atoms with Gasteiger partial charge in [-0.3, -0.25) is 14.9 Å². The molecule has 0 radical (unpaired) electrons. The molecule has 0 saturated carbocycles. The Labute approximate surface area is 149 Å². The third-order valence-corrected chi connectivity index (χ3v) is 4.60. The Morgan fingerprint density at radius 1 is 1.36 bits per heavy atom. The van der Waals surface area contributed by atoms with Crippen molar-refractivity contribution in [1.82, 2.24) is 14.8 Å². The van der Waals surface area contributed by atoms with E-state index < -0.39 is 4.92 Å². The van der Waals surface area contributed by atoms with Gasteiger partial charge in [-0.25, -0.2) is 0 Å². The number of nitrogens with one attached hydrogen (secondary N) is 1. The predicted molar refractivity (Wildman–Crippen MR) is 96.9 cm³/mol. The summed E-state index contributed by atoms with van der Waals surface area (Å²) in [6.45, 7) is 9.67. The summed E-state index contributed by atoms with van der Waals surface area (Å²) < 4.78 is 1.84. The molecule has 0 unspecified atom stereocenters. The predicted octanol–water partition coefficient (Wildman–Crippen LogP) is 3.03. The molecular weight excluding hydrogens is 342 g/mol. The molecule has 1 aromatic carbocycles. The number of nitrogens with zero attached hydrogens (tertiary/aromatic N) is 4. The summed E-state index contributed by atoms with van der Waals surface area (Å²) in [4.78, 5) is 22.9. The van der Waals surface area contributed by atoms with Gasteiger partial charge in [0.25, 0.3) is 5.69 Å². The van der Waals surface area contributed by atoms with Gasteiger partial charge < -0.3 is 9.88 Å². The van der Waals surface area contributed by atoms with Crippen molar-refractivity contribution < 1.29 is 9.72 Å². The fourth-order valence-electron chi connectivity index (χ4n) is 2.18. The van der Waals surface area contributed by atoms with E-state index in [1.807, 2.05) is 18.4 Å². The summed E-state index contributed by atoms with van der Waals surface area (Å²) in [5.74, 6) is 0.453. The zero-order chi connectivity index (χ0) is 18.6. The van der Waals surface area contributed by atoms with E-state index in [0.29, 0.717) is 11.7 Å². The number of rotatable bonds is 7. The summed E-state index contributed by atoms with van der Waals surface area (Å²) in [5, 5.41) is 22.4. The van der Waals surface area contributed by atoms with E-state index >= 15 is 0 Å². The molecule has 2 rings (SSSR count). The first-order valence-corrected chi connectivity index (χ1v) is 8.51. The van der Waals surface area contributed by atoms with Crippen LogP contribution in [0.25, 0.3) is 0 Å². The van der Waals surface area contributed by atoms with E-state index in [2.05, 4.69) is 22.1 Å². The van der Waals surface area contributed by atoms with E-state index in [4.69, 9.17) is 0 Å². The standard InChI is InChI=1S/C16H19N5O3S/c1-5-6-20-12(4)18-19-16(20)25-9-15(22)17-13-7-10(2)11(3)8-14(13)21(23)24/h5,7-8H,1,6,9H2,2-4H3,(H,17,22). The fraction of sp³-hybridized carbons (Fsp3) is 0.312. The third-order valence-electron chi connectivity index (χ3n) is 3.63. The minimum atomic E-state index is -0.501. The molecule has 25 heavy (non-hydrogen) atoms. The number of hydrogen-bond acceptors (Lipinski definition) is 6. The molecule has 8 nitrogen and oxygen atoms in total. The van der Waals surface area contributed by atoms with Crippen LogP contribution >= 0.6 is 11.8 Å². The van der Waals surface area contributed by atoms with Gasteiger partial charge >= 0.3 is 0 Å². The minimum Gasteiger partial charge on any atom is -0.320 e. The number of nitro groups is 1. The van der Waals surface area contributed by atoms with Crippen LogP contribution in [0.2, 0.25) is 0 Å². The summed E-state index contributed by atoms with van der Waals surface area (Å²) in [7, 11) is 0. The quantitative estimate of drug-likeness (QED) is 0.352. The van der Waals surface area contributed by atoms with Crippen LogP contribution in [0.4, 0.5) is 11.4 Å². The highest BCUT2D eigenvalue weighted by molar-refractivity contribution is 7.99. The number of thioether (sulfide) groups is 1. The molecule has 2 aromatic rings. The van der Waals surface area contributed by atoms with Gasteiger partial charge in [-0.2, -0.15) is 0 Å². The number of hydrogen-bond donors (Lipinski definition) is 1. The molecule has 0 fully saturated rings. The molecule has 0 aliphatic rings. The number of carbonyl (C=O) groups is 1. The summed E-state index contributed by atoms with van der Waals surface area (Å²) in [6, 6.07) is 3.07. The SMILES string of the molecule is C=CCn1c(C)nnc1SCC(=O)Nc1cc(C)c(C)cc1[N+](=O)[O-]. The van der Waals surface area contributed by atoms with Crippen LogP contribution in [-0.4, -0.2) is 31.3 Å². The van der Waals surface area contributed by atoms with Crippen LogP contribution in [0.1, 0.15) is 17.0 Å². The van der Waals surface area contributed by atoms with Gasteiger partial charge in [-0.1, -0.05) is 17.8 Å². The van der Waals surface area contributed by atoms with Gasteiger partial charge in [-0.15, -0.1) is 16.8 Å². The van der Waals surface area contributed by atoms with Crippen molar-refractivity contribution >= 4 is 29.0 Å². The van der Waals surface area contributed by atoms with Crippen molar-refractivity contribution in [3.05, 3.63) is 51.9 Å². The van der Waals surface area contributed by atoms with Crippen molar-refractivity contribution in [2.45, 2.75) is 32.5 Å². The largest absolute Gasteiger partial charge is 0.320 e. The Morgan fingerprint density at radius 2 is 2.04 bits per heavy atom. The summed E-state index contributed by atoms with van der Waals surface area (Å²) in [6.07, 6.45) is 1.72. The number of nitro benzene ring substituents is 1. The summed E-state index contributed by atoms with van der Waals surface area (Å²) >= 11 is 1.22. The second-order valence-corrected chi connectivity index (χ2v) is 6.42. The van der Waals surface area contributed by atoms with Crippen molar-refractivity contribution in [3.8, 4) is 0 Å². The molecule has 1 aromatic heterocycles. The third kappa shape index (κ3) is 4.44. The smallest absolute Gasteiger partial charge is 0.293 e. The van der Waals surface area contributed by atoms with Gasteiger partial charge in [0.2, 0.25) is 5.91 Å². The maximum atomic E-state index is 12.2. The lowest BCUT2D eigenvalue weighted by Gasteiger charge is -2.09. The number of benzene rings is 1. The normalized spacial score (nSPS) is 10.5. The van der Waals surface area contributed by atoms with E-state index in [1.54, 1.807) is 19.1 Å². The zero-order valence-corrected chi connectivity index (χ0v) is 15.1. The molecule has 0 aliphatic heterocycles. The number of aryl methyl sites for hydroxylation is 3. The van der Waals surface area contributed by atoms with Crippen molar-refractivity contribution in [3.63, 3.8) is 0 Å². The van der Waals surface area contributed by atoms with Crippen LogP contribution in [-0.2, 0) is 11.3 Å². The Morgan fingerprint density at radius 3 is 2.68 bits per heavy atom. The highest BCUT2D eigenvalue weighted by Crippen LogP contribution is 2.28. The second-order valence-electron chi connectivity index (χ2n) is 5.48. The summed E-state index contributed by atoms with van der Waals surface area (Å²) in [5.41, 5.74) is 1.75. The maximum Gasteiger partial charge on any atom is 0.293 e. The Bertz CT molecular complexity index is 831. The first-order valence-electron chi connectivity index (χ1n) is 7.52. The van der Waals surface area contributed by atoms with Crippen molar-refractivity contribution in [1.29, 1.82) is 0 Å². The molecule has 9 heteroatoms. The van der Waals surface area contributed by atoms with Crippen LogP contribution in [0.15, 0.2) is 29.9 Å². The monoisotopic (exact) mass is 361 g/mol. The van der Waals surface area contributed by atoms with Crippen LogP contribution in [0.5, 0.6) is 0 Å². The zero-order valence-electron chi connectivity index (χ0n) is 14.3. The van der Waals surface area contributed by atoms with E-state index in [0.717, 1.165) is 17.0 Å². The highest BCUT2D eigenvalue weighted by Gasteiger charge is 2.18. The van der Waals surface area contributed by atoms with E-state index in [1.165, 1.54) is 17.8 Å². The molecule has 1 heterocycles. The molecule has 0 aliphatic carbocycles. The lowest BCUT2D eigenvalue weighted by Crippen LogP contribution is -2.16. The second kappa shape index (κ2) is 7.93. The van der Waals surface area contributed by atoms with Gasteiger partial charge in [0.15, 0.2) is 5.16 Å². The number of anilines is 1. The molecular formula is C16H19N5O3S. The molecule has 0 spiro atoms. The number of amides is 1. The van der Waals surface area contributed by atoms with Gasteiger partial charge in [-0.05, 0) is 38.0 Å². The number of allylic oxidation sites excluding steroid dienone is 1. The van der Waals surface area contributed by atoms with E-state index in [-0.39, 0.29) is 23.0 Å². The van der Waals surface area contributed by atoms with Gasteiger partial charge in [0.05, 0.1) is 10.7 Å². The fourth-order valence-corrected chi connectivity index (χ4v) is 2.97. The number of aromatic nitrogens is 3. The average molecular weight is 361 g/mol. The van der Waals surface area contributed by atoms with Crippen LogP contribution in [0, 0.1) is 30.9 Å². The lowest BCUT2D eigenvalue weighted by molar-refractivity contribution is -0.384. The average Bonchev–Trinajstić information content (AvgIpc) is 2.89. The topological polar surface area (TPSA) is 103 Å². The molecule has 0 bridgehead atoms. The minimum absolute atomic E-state index is 0.0688. The Hall–Kier alpha value is -2.68. The Balaban J connectivity index is 2.10. The molecule has 0 saturated heterocycles. The van der Waals surface area contributed by atoms with Crippen LogP contribution < -0.4 is 5.32 Å². The molecule has 1 amide bonds. The van der Waals surface area contributed by atoms with Gasteiger partial charge in [0.1, 0.15) is 11.5 Å². The number of carbonyl (C=O) groups excluding carboxylic acids is 1. The van der Waals surface area contributed by atoms with Crippen LogP contribution in [0.3, 0.4) is 0 Å². The van der Waals surface area contributed by atoms with Gasteiger partial charge in [0, 0.05) is 12.6 Å². The molecule has 0 atom stereocenters. The highest BCUT2D eigenvalue weighted by atomic mass is 32.2. The lowest BCUT2D eigenvalue weighted by atomic mass is 10.1. The molecule has 132 valence electrons. The first kappa shape index (κ1) is 18.7. The van der Waals surface area contributed by atoms with E-state index in [9.17, 15) is 14.9 Å². The maximum absolute atomic E-state index is 12.2. The van der Waals surface area contributed by atoms with Crippen molar-refractivity contribution in [2.24, 2.45) is 0 Å². The first-order chi connectivity index (χ1) is 11.8. The van der Waals surface area contributed by atoms with Crippen molar-refractivity contribution in [2.75, 3.05) is 11.1 Å².